The van der Waals surface area contributed by atoms with E-state index in [9.17, 15) is 9.59 Å². The number of amides is 1. The molecule has 3 N–H and O–H groups in total. The van der Waals surface area contributed by atoms with E-state index in [1.165, 1.54) is 6.08 Å². The van der Waals surface area contributed by atoms with Crippen molar-refractivity contribution >= 4 is 12.1 Å². The SMILES string of the molecule is C=CCOC(=O)N[C@H](CO)CCC(=O)O. The second kappa shape index (κ2) is 7.81. The van der Waals surface area contributed by atoms with Crippen LogP contribution in [0, 0.1) is 0 Å². The van der Waals surface area contributed by atoms with Gasteiger partial charge >= 0.3 is 12.1 Å². The standard InChI is InChI=1S/C9H15NO5/c1-2-5-15-9(14)10-7(6-11)3-4-8(12)13/h2,7,11H,1,3-6H2,(H,10,14)(H,12,13)/t7-/m0/s1. The van der Waals surface area contributed by atoms with E-state index in [0.29, 0.717) is 0 Å². The zero-order valence-corrected chi connectivity index (χ0v) is 8.31. The topological polar surface area (TPSA) is 95.9 Å². The number of ether oxygens (including phenoxy) is 1. The van der Waals surface area contributed by atoms with E-state index >= 15 is 0 Å². The Hall–Kier alpha value is -1.56. The highest BCUT2D eigenvalue weighted by Crippen LogP contribution is 1.97. The van der Waals surface area contributed by atoms with Crippen molar-refractivity contribution < 1.29 is 24.5 Å². The van der Waals surface area contributed by atoms with Crippen LogP contribution in [-0.4, -0.2) is 41.5 Å². The molecule has 6 nitrogen and oxygen atoms in total. The van der Waals surface area contributed by atoms with Gasteiger partial charge in [0, 0.05) is 6.42 Å². The van der Waals surface area contributed by atoms with Gasteiger partial charge in [0.1, 0.15) is 6.61 Å². The molecule has 0 unspecified atom stereocenters. The van der Waals surface area contributed by atoms with Gasteiger partial charge < -0.3 is 20.3 Å². The maximum Gasteiger partial charge on any atom is 0.407 e. The van der Waals surface area contributed by atoms with Gasteiger partial charge in [-0.1, -0.05) is 12.7 Å². The molecule has 6 heteroatoms. The molecule has 1 amide bonds. The number of hydrogen-bond acceptors (Lipinski definition) is 4. The molecule has 0 aromatic carbocycles. The molecule has 86 valence electrons. The highest BCUT2D eigenvalue weighted by atomic mass is 16.5. The molecular formula is C9H15NO5. The third-order valence-electron chi connectivity index (χ3n) is 1.58. The molecule has 0 rings (SSSR count). The smallest absolute Gasteiger partial charge is 0.407 e. The Balaban J connectivity index is 3.81. The molecule has 1 atom stereocenters. The fraction of sp³-hybridized carbons (Fsp3) is 0.556. The summed E-state index contributed by atoms with van der Waals surface area (Å²) in [6, 6.07) is -0.599. The third-order valence-corrected chi connectivity index (χ3v) is 1.58. The van der Waals surface area contributed by atoms with Gasteiger partial charge in [-0.25, -0.2) is 4.79 Å². The van der Waals surface area contributed by atoms with Gasteiger partial charge in [-0.05, 0) is 6.42 Å². The summed E-state index contributed by atoms with van der Waals surface area (Å²) < 4.78 is 4.60. The fourth-order valence-electron chi connectivity index (χ4n) is 0.850. The van der Waals surface area contributed by atoms with Crippen molar-refractivity contribution in [2.24, 2.45) is 0 Å². The summed E-state index contributed by atoms with van der Waals surface area (Å²) in [7, 11) is 0. The Morgan fingerprint density at radius 3 is 2.67 bits per heavy atom. The lowest BCUT2D eigenvalue weighted by atomic mass is 10.2. The van der Waals surface area contributed by atoms with Crippen LogP contribution in [0.2, 0.25) is 0 Å². The van der Waals surface area contributed by atoms with Crippen LogP contribution in [0.3, 0.4) is 0 Å². The van der Waals surface area contributed by atoms with Crippen molar-refractivity contribution in [3.63, 3.8) is 0 Å². The lowest BCUT2D eigenvalue weighted by Crippen LogP contribution is -2.38. The van der Waals surface area contributed by atoms with Crippen LogP contribution in [0.25, 0.3) is 0 Å². The Bertz CT molecular complexity index is 229. The molecule has 0 aliphatic carbocycles. The van der Waals surface area contributed by atoms with Crippen molar-refractivity contribution in [2.45, 2.75) is 18.9 Å². The van der Waals surface area contributed by atoms with Crippen LogP contribution in [0.4, 0.5) is 4.79 Å². The number of rotatable bonds is 7. The molecular weight excluding hydrogens is 202 g/mol. The Kier molecular flexibility index (Phi) is 7.00. The summed E-state index contributed by atoms with van der Waals surface area (Å²) in [4.78, 5) is 21.2. The molecule has 0 saturated carbocycles. The molecule has 0 heterocycles. The minimum atomic E-state index is -0.977. The summed E-state index contributed by atoms with van der Waals surface area (Å²) in [6.07, 6.45) is 0.756. The number of carboxylic acids is 1. The van der Waals surface area contributed by atoms with Gasteiger partial charge in [0.25, 0.3) is 0 Å². The maximum atomic E-state index is 11.0. The summed E-state index contributed by atoms with van der Waals surface area (Å²) >= 11 is 0. The monoisotopic (exact) mass is 217 g/mol. The quantitative estimate of drug-likeness (QED) is 0.526. The van der Waals surface area contributed by atoms with Gasteiger partial charge in [0.15, 0.2) is 0 Å². The third kappa shape index (κ3) is 7.51. The number of nitrogens with one attached hydrogen (secondary N) is 1. The summed E-state index contributed by atoms with van der Waals surface area (Å²) in [6.45, 7) is 3.11. The number of alkyl carbamates (subject to hydrolysis) is 1. The average Bonchev–Trinajstić information content (AvgIpc) is 2.20. The fourth-order valence-corrected chi connectivity index (χ4v) is 0.850. The Labute approximate surface area is 87.5 Å². The van der Waals surface area contributed by atoms with Crippen LogP contribution < -0.4 is 5.32 Å². The first kappa shape index (κ1) is 13.4. The first-order valence-corrected chi connectivity index (χ1v) is 4.47. The van der Waals surface area contributed by atoms with Crippen molar-refractivity contribution in [2.75, 3.05) is 13.2 Å². The highest BCUT2D eigenvalue weighted by molar-refractivity contribution is 5.68. The molecule has 0 saturated heterocycles. The van der Waals surface area contributed by atoms with Crippen LogP contribution in [-0.2, 0) is 9.53 Å². The van der Waals surface area contributed by atoms with E-state index in [0.717, 1.165) is 0 Å². The van der Waals surface area contributed by atoms with Crippen LogP contribution >= 0.6 is 0 Å². The van der Waals surface area contributed by atoms with Gasteiger partial charge in [0.05, 0.1) is 12.6 Å². The van der Waals surface area contributed by atoms with Crippen LogP contribution in [0.5, 0.6) is 0 Å². The van der Waals surface area contributed by atoms with E-state index in [1.54, 1.807) is 0 Å². The van der Waals surface area contributed by atoms with Crippen molar-refractivity contribution in [3.05, 3.63) is 12.7 Å². The normalized spacial score (nSPS) is 11.5. The van der Waals surface area contributed by atoms with Gasteiger partial charge in [0.2, 0.25) is 0 Å². The predicted octanol–water partition coefficient (Wildman–Crippen LogP) is 0.124. The van der Waals surface area contributed by atoms with E-state index in [-0.39, 0.29) is 26.1 Å². The van der Waals surface area contributed by atoms with E-state index < -0.39 is 18.1 Å². The zero-order chi connectivity index (χ0) is 11.7. The number of carbonyl (C=O) groups is 2. The molecule has 0 spiro atoms. The molecule has 0 aromatic heterocycles. The van der Waals surface area contributed by atoms with E-state index in [4.69, 9.17) is 10.2 Å². The minimum absolute atomic E-state index is 0.0723. The van der Waals surface area contributed by atoms with Gasteiger partial charge in [-0.2, -0.15) is 0 Å². The molecule has 0 radical (unpaired) electrons. The Morgan fingerprint density at radius 2 is 2.20 bits per heavy atom. The first-order chi connectivity index (χ1) is 7.10. The molecule has 0 bridgehead atoms. The summed E-state index contributed by atoms with van der Waals surface area (Å²) in [5, 5.41) is 19.6. The van der Waals surface area contributed by atoms with E-state index in [2.05, 4.69) is 16.6 Å². The lowest BCUT2D eigenvalue weighted by molar-refractivity contribution is -0.137. The average molecular weight is 217 g/mol. The van der Waals surface area contributed by atoms with E-state index in [1.807, 2.05) is 0 Å². The maximum absolute atomic E-state index is 11.0. The number of aliphatic carboxylic acids is 1. The number of carbonyl (C=O) groups excluding carboxylic acids is 1. The second-order valence-electron chi connectivity index (χ2n) is 2.84. The highest BCUT2D eigenvalue weighted by Gasteiger charge is 2.13. The Morgan fingerprint density at radius 1 is 1.53 bits per heavy atom. The predicted molar refractivity (Wildman–Crippen MR) is 52.4 cm³/mol. The first-order valence-electron chi connectivity index (χ1n) is 4.47. The van der Waals surface area contributed by atoms with Crippen LogP contribution in [0.15, 0.2) is 12.7 Å². The second-order valence-corrected chi connectivity index (χ2v) is 2.84. The van der Waals surface area contributed by atoms with Gasteiger partial charge in [-0.15, -0.1) is 0 Å². The largest absolute Gasteiger partial charge is 0.481 e. The summed E-state index contributed by atoms with van der Waals surface area (Å²) in [5.74, 6) is -0.977. The van der Waals surface area contributed by atoms with Gasteiger partial charge in [-0.3, -0.25) is 4.79 Å². The zero-order valence-electron chi connectivity index (χ0n) is 8.31. The number of aliphatic hydroxyl groups is 1. The van der Waals surface area contributed by atoms with Crippen LogP contribution in [0.1, 0.15) is 12.8 Å². The number of carboxylic acid groups (broad SMARTS) is 1. The van der Waals surface area contributed by atoms with Crippen molar-refractivity contribution in [3.8, 4) is 0 Å². The molecule has 0 fully saturated rings. The van der Waals surface area contributed by atoms with Crippen molar-refractivity contribution in [1.82, 2.24) is 5.32 Å². The lowest BCUT2D eigenvalue weighted by Gasteiger charge is -2.14. The number of hydrogen-bond donors (Lipinski definition) is 3. The molecule has 0 aromatic rings. The molecule has 0 aliphatic rings. The minimum Gasteiger partial charge on any atom is -0.481 e. The number of aliphatic hydroxyl groups excluding tert-OH is 1. The summed E-state index contributed by atoms with van der Waals surface area (Å²) in [5.41, 5.74) is 0. The molecule has 15 heavy (non-hydrogen) atoms. The molecule has 0 aliphatic heterocycles. The van der Waals surface area contributed by atoms with Crippen molar-refractivity contribution in [1.29, 1.82) is 0 Å².